The van der Waals surface area contributed by atoms with Crippen molar-refractivity contribution in [1.82, 2.24) is 5.32 Å². The zero-order valence-electron chi connectivity index (χ0n) is 28.1. The smallest absolute Gasteiger partial charge is 0.135 e. The molecule has 0 saturated heterocycles. The van der Waals surface area contributed by atoms with E-state index in [2.05, 4.69) is 134 Å². The lowest BCUT2D eigenvalue weighted by atomic mass is 9.92. The highest BCUT2D eigenvalue weighted by molar-refractivity contribution is 6.13. The van der Waals surface area contributed by atoms with E-state index >= 15 is 0 Å². The van der Waals surface area contributed by atoms with Crippen molar-refractivity contribution in [3.63, 3.8) is 0 Å². The number of nitrogens with one attached hydrogen (secondary N) is 1. The van der Waals surface area contributed by atoms with Gasteiger partial charge in [-0.15, -0.1) is 0 Å². The summed E-state index contributed by atoms with van der Waals surface area (Å²) >= 11 is 0. The number of furan rings is 1. The maximum Gasteiger partial charge on any atom is 0.135 e. The van der Waals surface area contributed by atoms with Crippen LogP contribution in [-0.4, -0.2) is 12.3 Å². The summed E-state index contributed by atoms with van der Waals surface area (Å²) in [5.41, 5.74) is 12.9. The minimum absolute atomic E-state index is 0.784. The first-order valence-corrected chi connectivity index (χ1v) is 16.9. The molecule has 7 rings (SSSR count). The molecular formula is C47H38N2O. The zero-order valence-corrected chi connectivity index (χ0v) is 28.1. The Morgan fingerprint density at radius 2 is 1.38 bits per heavy atom. The van der Waals surface area contributed by atoms with E-state index in [4.69, 9.17) is 9.41 Å². The quantitative estimate of drug-likeness (QED) is 0.119. The van der Waals surface area contributed by atoms with E-state index in [1.807, 2.05) is 61.0 Å². The van der Waals surface area contributed by atoms with Crippen molar-refractivity contribution < 1.29 is 4.42 Å². The average Bonchev–Trinajstić information content (AvgIpc) is 3.55. The molecule has 3 heteroatoms. The summed E-state index contributed by atoms with van der Waals surface area (Å²) < 4.78 is 6.15. The lowest BCUT2D eigenvalue weighted by molar-refractivity contribution is 0.669. The largest absolute Gasteiger partial charge is 0.456 e. The van der Waals surface area contributed by atoms with E-state index in [9.17, 15) is 0 Å². The molecule has 3 nitrogen and oxygen atoms in total. The number of fused-ring (bicyclic) bond motifs is 3. The Morgan fingerprint density at radius 3 is 2.20 bits per heavy atom. The summed E-state index contributed by atoms with van der Waals surface area (Å²) in [6.07, 6.45) is 21.9. The zero-order chi connectivity index (χ0) is 34.1. The molecule has 0 radical (unpaired) electrons. The molecule has 0 amide bonds. The first-order chi connectivity index (χ1) is 24.7. The summed E-state index contributed by atoms with van der Waals surface area (Å²) in [7, 11) is 0. The molecule has 50 heavy (non-hydrogen) atoms. The van der Waals surface area contributed by atoms with Crippen LogP contribution in [0.5, 0.6) is 0 Å². The van der Waals surface area contributed by atoms with Crippen LogP contribution >= 0.6 is 0 Å². The highest BCUT2D eigenvalue weighted by atomic mass is 16.3. The summed E-state index contributed by atoms with van der Waals surface area (Å²) in [6, 6.07) is 40.7. The molecule has 0 bridgehead atoms. The third-order valence-electron chi connectivity index (χ3n) is 8.77. The SMILES string of the molecule is C=C/C=C/C=C\C=C/N=C(\C=C(/C)c1ccc(-c2ccccc2)cc1)c1cc(C2=CCNC=C2)cc(-c2ccc3oc4ccccc4c3c2)c1. The topological polar surface area (TPSA) is 37.5 Å². The second-order valence-corrected chi connectivity index (χ2v) is 12.1. The van der Waals surface area contributed by atoms with Gasteiger partial charge in [-0.25, -0.2) is 0 Å². The molecule has 0 saturated carbocycles. The van der Waals surface area contributed by atoms with Gasteiger partial charge in [0.2, 0.25) is 0 Å². The highest BCUT2D eigenvalue weighted by Gasteiger charge is 2.13. The Hall–Kier alpha value is -6.45. The average molecular weight is 647 g/mol. The minimum atomic E-state index is 0.784. The summed E-state index contributed by atoms with van der Waals surface area (Å²) in [5.74, 6) is 0. The number of dihydropyridines is 1. The van der Waals surface area contributed by atoms with Crippen LogP contribution in [0.4, 0.5) is 0 Å². The van der Waals surface area contributed by atoms with Crippen molar-refractivity contribution in [3.05, 3.63) is 206 Å². The Morgan fingerprint density at radius 1 is 0.660 bits per heavy atom. The number of aliphatic imine (C=N–C) groups is 1. The van der Waals surface area contributed by atoms with Crippen molar-refractivity contribution in [2.24, 2.45) is 4.99 Å². The van der Waals surface area contributed by atoms with Crippen LogP contribution in [0.2, 0.25) is 0 Å². The lowest BCUT2D eigenvalue weighted by Gasteiger charge is -2.14. The van der Waals surface area contributed by atoms with E-state index in [0.717, 1.165) is 67.6 Å². The predicted molar refractivity (Wildman–Crippen MR) is 214 cm³/mol. The molecule has 6 aromatic rings. The molecule has 1 aliphatic heterocycles. The van der Waals surface area contributed by atoms with Crippen LogP contribution in [0.1, 0.15) is 23.6 Å². The van der Waals surface area contributed by atoms with Gasteiger partial charge in [0, 0.05) is 29.1 Å². The van der Waals surface area contributed by atoms with Gasteiger partial charge in [-0.3, -0.25) is 4.99 Å². The van der Waals surface area contributed by atoms with Crippen molar-refractivity contribution in [1.29, 1.82) is 0 Å². The molecule has 0 atom stereocenters. The first-order valence-electron chi connectivity index (χ1n) is 16.9. The Labute approximate surface area is 294 Å². The van der Waals surface area contributed by atoms with E-state index in [1.165, 1.54) is 16.7 Å². The fraction of sp³-hybridized carbons (Fsp3) is 0.0426. The monoisotopic (exact) mass is 646 g/mol. The number of rotatable bonds is 10. The maximum absolute atomic E-state index is 6.15. The third kappa shape index (κ3) is 7.33. The van der Waals surface area contributed by atoms with Gasteiger partial charge in [-0.05, 0) is 112 Å². The normalized spacial score (nSPS) is 13.9. The van der Waals surface area contributed by atoms with E-state index in [-0.39, 0.29) is 0 Å². The lowest BCUT2D eigenvalue weighted by Crippen LogP contribution is -2.08. The highest BCUT2D eigenvalue weighted by Crippen LogP contribution is 2.34. The number of hydrogen-bond donors (Lipinski definition) is 1. The van der Waals surface area contributed by atoms with Gasteiger partial charge in [0.15, 0.2) is 0 Å². The molecule has 0 fully saturated rings. The number of para-hydroxylation sites is 1. The van der Waals surface area contributed by atoms with Crippen LogP contribution in [0.3, 0.4) is 0 Å². The number of allylic oxidation sites excluding steroid dienone is 10. The molecule has 2 heterocycles. The minimum Gasteiger partial charge on any atom is -0.456 e. The third-order valence-corrected chi connectivity index (χ3v) is 8.77. The molecule has 1 aromatic heterocycles. The number of hydrogen-bond acceptors (Lipinski definition) is 3. The fourth-order valence-electron chi connectivity index (χ4n) is 6.17. The van der Waals surface area contributed by atoms with Gasteiger partial charge in [-0.2, -0.15) is 0 Å². The van der Waals surface area contributed by atoms with E-state index in [0.29, 0.717) is 0 Å². The molecule has 242 valence electrons. The van der Waals surface area contributed by atoms with Crippen molar-refractivity contribution >= 4 is 38.8 Å². The summed E-state index contributed by atoms with van der Waals surface area (Å²) in [5, 5.41) is 5.51. The van der Waals surface area contributed by atoms with Crippen LogP contribution in [-0.2, 0) is 0 Å². The fourth-order valence-corrected chi connectivity index (χ4v) is 6.17. The van der Waals surface area contributed by atoms with E-state index in [1.54, 1.807) is 6.08 Å². The van der Waals surface area contributed by atoms with Crippen LogP contribution < -0.4 is 5.32 Å². The van der Waals surface area contributed by atoms with Crippen molar-refractivity contribution in [3.8, 4) is 22.3 Å². The summed E-state index contributed by atoms with van der Waals surface area (Å²) in [6.45, 7) is 6.67. The molecule has 1 N–H and O–H groups in total. The van der Waals surface area contributed by atoms with Gasteiger partial charge in [-0.1, -0.05) is 122 Å². The standard InChI is InChI=1S/C47H38N2O/c1-3-4-5-6-7-13-26-49-45(29-34(2)35-18-20-37(21-19-35)36-14-9-8-10-15-36)42-31-40(38-24-27-48-28-25-38)30-41(32-42)39-22-23-47-44(33-39)43-16-11-12-17-46(43)50-47/h3-27,29-33,48H,1,28H2,2H3/b5-4+,7-6-,26-13-,34-29+,49-45+. The Bertz CT molecular complexity index is 2380. The van der Waals surface area contributed by atoms with Crippen molar-refractivity contribution in [2.45, 2.75) is 6.92 Å². The van der Waals surface area contributed by atoms with E-state index < -0.39 is 0 Å². The molecule has 1 aliphatic rings. The van der Waals surface area contributed by atoms with Gasteiger partial charge in [0.1, 0.15) is 11.2 Å². The van der Waals surface area contributed by atoms with Crippen LogP contribution in [0, 0.1) is 0 Å². The molecule has 5 aromatic carbocycles. The van der Waals surface area contributed by atoms with Crippen molar-refractivity contribution in [2.75, 3.05) is 6.54 Å². The maximum atomic E-state index is 6.15. The first kappa shape index (κ1) is 32.1. The second-order valence-electron chi connectivity index (χ2n) is 12.1. The second kappa shape index (κ2) is 15.2. The predicted octanol–water partition coefficient (Wildman–Crippen LogP) is 12.1. The van der Waals surface area contributed by atoms with Gasteiger partial charge >= 0.3 is 0 Å². The Balaban J connectivity index is 1.33. The molecule has 0 aliphatic carbocycles. The van der Waals surface area contributed by atoms with Crippen LogP contribution in [0.15, 0.2) is 198 Å². The van der Waals surface area contributed by atoms with Gasteiger partial charge in [0.05, 0.1) is 5.71 Å². The molecule has 0 unspecified atom stereocenters. The number of benzene rings is 5. The molecule has 0 spiro atoms. The Kier molecular flexibility index (Phi) is 9.75. The molecular weight excluding hydrogens is 609 g/mol. The number of nitrogens with zero attached hydrogens (tertiary/aromatic N) is 1. The van der Waals surface area contributed by atoms with Gasteiger partial charge in [0.25, 0.3) is 0 Å². The summed E-state index contributed by atoms with van der Waals surface area (Å²) in [4.78, 5) is 5.05. The van der Waals surface area contributed by atoms with Crippen LogP contribution in [0.25, 0.3) is 55.3 Å². The van der Waals surface area contributed by atoms with Gasteiger partial charge < -0.3 is 9.73 Å².